The molecule has 0 spiro atoms. The van der Waals surface area contributed by atoms with Gasteiger partial charge in [0.25, 0.3) is 5.91 Å². The fraction of sp³-hybridized carbons (Fsp3) is 0.478. The summed E-state index contributed by atoms with van der Waals surface area (Å²) >= 11 is 0. The van der Waals surface area contributed by atoms with Crippen LogP contribution in [0.5, 0.6) is 0 Å². The number of nitrogens with zero attached hydrogens (tertiary/aromatic N) is 3. The average Bonchev–Trinajstić information content (AvgIpc) is 3.41. The van der Waals surface area contributed by atoms with E-state index in [4.69, 9.17) is 4.74 Å². The lowest BCUT2D eigenvalue weighted by molar-refractivity contribution is -0.134. The minimum absolute atomic E-state index is 0.0151. The number of ether oxygens (including phenoxy) is 1. The Morgan fingerprint density at radius 1 is 1.28 bits per heavy atom. The average molecular weight is 442 g/mol. The van der Waals surface area contributed by atoms with Gasteiger partial charge in [0.1, 0.15) is 17.1 Å². The summed E-state index contributed by atoms with van der Waals surface area (Å²) in [5.74, 6) is -1.78. The van der Waals surface area contributed by atoms with Crippen molar-refractivity contribution in [2.75, 3.05) is 6.61 Å². The minimum atomic E-state index is -1.27. The maximum absolute atomic E-state index is 13.8. The van der Waals surface area contributed by atoms with E-state index in [2.05, 4.69) is 10.4 Å². The standard InChI is InChI=1S/C23H27FN4O4/c1-3-32-21(30)18-12-19-20(29)27(13-15-7-6-8-16(24)11-15)23(2,14-28(19)26-18)22(31)25-17-9-4-5-10-17/h6-8,11-12,17H,3-5,9-10,13-14H2,1-2H3,(H,25,31)/t23-/m1/s1. The summed E-state index contributed by atoms with van der Waals surface area (Å²) in [7, 11) is 0. The van der Waals surface area contributed by atoms with Crippen LogP contribution in [0.2, 0.25) is 0 Å². The van der Waals surface area contributed by atoms with Gasteiger partial charge in [-0.1, -0.05) is 25.0 Å². The molecule has 4 rings (SSSR count). The number of halogens is 1. The van der Waals surface area contributed by atoms with Crippen molar-refractivity contribution in [3.8, 4) is 0 Å². The SMILES string of the molecule is CCOC(=O)c1cc2n(n1)C[C@](C)(C(=O)NC1CCCC1)N(Cc1cccc(F)c1)C2=O. The van der Waals surface area contributed by atoms with E-state index < -0.39 is 23.2 Å². The maximum Gasteiger partial charge on any atom is 0.358 e. The summed E-state index contributed by atoms with van der Waals surface area (Å²) in [5, 5.41) is 7.32. The molecule has 1 aromatic heterocycles. The second-order valence-corrected chi connectivity index (χ2v) is 8.54. The van der Waals surface area contributed by atoms with Crippen molar-refractivity contribution >= 4 is 17.8 Å². The Bertz CT molecular complexity index is 1050. The summed E-state index contributed by atoms with van der Waals surface area (Å²) < 4.78 is 20.2. The van der Waals surface area contributed by atoms with E-state index in [-0.39, 0.29) is 43.0 Å². The van der Waals surface area contributed by atoms with Gasteiger partial charge in [0.2, 0.25) is 5.91 Å². The molecule has 2 heterocycles. The van der Waals surface area contributed by atoms with E-state index in [9.17, 15) is 18.8 Å². The Morgan fingerprint density at radius 3 is 2.72 bits per heavy atom. The van der Waals surface area contributed by atoms with Crippen LogP contribution in [0.4, 0.5) is 4.39 Å². The van der Waals surface area contributed by atoms with Crippen LogP contribution in [0.1, 0.15) is 66.1 Å². The summed E-state index contributed by atoms with van der Waals surface area (Å²) in [4.78, 5) is 40.5. The van der Waals surface area contributed by atoms with E-state index in [1.165, 1.54) is 27.8 Å². The monoisotopic (exact) mass is 442 g/mol. The first-order valence-electron chi connectivity index (χ1n) is 10.9. The van der Waals surface area contributed by atoms with Crippen LogP contribution < -0.4 is 5.32 Å². The molecule has 9 heteroatoms. The van der Waals surface area contributed by atoms with Gasteiger partial charge < -0.3 is 15.0 Å². The molecule has 1 atom stereocenters. The fourth-order valence-electron chi connectivity index (χ4n) is 4.42. The number of nitrogens with one attached hydrogen (secondary N) is 1. The first-order chi connectivity index (χ1) is 15.3. The molecule has 0 unspecified atom stereocenters. The van der Waals surface area contributed by atoms with Gasteiger partial charge in [0, 0.05) is 18.7 Å². The molecule has 0 bridgehead atoms. The van der Waals surface area contributed by atoms with Crippen LogP contribution >= 0.6 is 0 Å². The number of esters is 1. The zero-order valence-electron chi connectivity index (χ0n) is 18.3. The van der Waals surface area contributed by atoms with Gasteiger partial charge in [-0.3, -0.25) is 14.3 Å². The number of benzene rings is 1. The molecule has 2 aromatic rings. The van der Waals surface area contributed by atoms with Gasteiger partial charge in [-0.15, -0.1) is 0 Å². The molecule has 8 nitrogen and oxygen atoms in total. The topological polar surface area (TPSA) is 93.5 Å². The molecule has 32 heavy (non-hydrogen) atoms. The molecule has 1 fully saturated rings. The van der Waals surface area contributed by atoms with Crippen LogP contribution in [0.3, 0.4) is 0 Å². The molecular formula is C23H27FN4O4. The van der Waals surface area contributed by atoms with Gasteiger partial charge in [-0.2, -0.15) is 5.10 Å². The van der Waals surface area contributed by atoms with E-state index in [1.807, 2.05) is 0 Å². The highest BCUT2D eigenvalue weighted by Crippen LogP contribution is 2.30. The third kappa shape index (κ3) is 4.11. The van der Waals surface area contributed by atoms with Crippen molar-refractivity contribution in [2.45, 2.75) is 64.2 Å². The van der Waals surface area contributed by atoms with Crippen LogP contribution in [0.15, 0.2) is 30.3 Å². The second kappa shape index (κ2) is 8.72. The number of hydrogen-bond donors (Lipinski definition) is 1. The predicted octanol–water partition coefficient (Wildman–Crippen LogP) is 2.67. The molecule has 1 aliphatic carbocycles. The number of fused-ring (bicyclic) bond motifs is 1. The Morgan fingerprint density at radius 2 is 2.03 bits per heavy atom. The number of aromatic nitrogens is 2. The largest absolute Gasteiger partial charge is 0.461 e. The van der Waals surface area contributed by atoms with Crippen LogP contribution in [0.25, 0.3) is 0 Å². The summed E-state index contributed by atoms with van der Waals surface area (Å²) in [5.41, 5.74) is -0.495. The molecule has 1 saturated carbocycles. The second-order valence-electron chi connectivity index (χ2n) is 8.54. The van der Waals surface area contributed by atoms with Crippen LogP contribution in [-0.2, 0) is 22.6 Å². The predicted molar refractivity (Wildman–Crippen MR) is 113 cm³/mol. The zero-order valence-corrected chi connectivity index (χ0v) is 18.3. The van der Waals surface area contributed by atoms with Crippen molar-refractivity contribution in [1.29, 1.82) is 0 Å². The lowest BCUT2D eigenvalue weighted by atomic mass is 9.93. The molecule has 2 aliphatic rings. The van der Waals surface area contributed by atoms with E-state index in [1.54, 1.807) is 26.0 Å². The van der Waals surface area contributed by atoms with Crippen LogP contribution in [-0.4, -0.2) is 50.7 Å². The number of hydrogen-bond acceptors (Lipinski definition) is 5. The summed E-state index contributed by atoms with van der Waals surface area (Å²) in [6, 6.07) is 7.40. The number of rotatable bonds is 6. The smallest absolute Gasteiger partial charge is 0.358 e. The Kier molecular flexibility index (Phi) is 5.99. The molecule has 1 N–H and O–H groups in total. The van der Waals surface area contributed by atoms with Crippen molar-refractivity contribution in [3.05, 3.63) is 53.1 Å². The molecule has 2 amide bonds. The zero-order chi connectivity index (χ0) is 22.9. The normalized spacial score (nSPS) is 20.8. The lowest BCUT2D eigenvalue weighted by Crippen LogP contribution is -2.64. The molecule has 1 aliphatic heterocycles. The van der Waals surface area contributed by atoms with Gasteiger partial charge >= 0.3 is 5.97 Å². The van der Waals surface area contributed by atoms with Crippen molar-refractivity contribution in [1.82, 2.24) is 20.0 Å². The third-order valence-corrected chi connectivity index (χ3v) is 6.19. The van der Waals surface area contributed by atoms with Crippen molar-refractivity contribution in [2.24, 2.45) is 0 Å². The number of carbonyl (C=O) groups excluding carboxylic acids is 3. The van der Waals surface area contributed by atoms with Crippen LogP contribution in [0, 0.1) is 5.82 Å². The lowest BCUT2D eigenvalue weighted by Gasteiger charge is -2.43. The van der Waals surface area contributed by atoms with Gasteiger partial charge in [-0.25, -0.2) is 9.18 Å². The maximum atomic E-state index is 13.8. The highest BCUT2D eigenvalue weighted by molar-refractivity contribution is 6.01. The van der Waals surface area contributed by atoms with Crippen molar-refractivity contribution in [3.63, 3.8) is 0 Å². The first kappa shape index (κ1) is 22.0. The van der Waals surface area contributed by atoms with E-state index >= 15 is 0 Å². The molecule has 0 radical (unpaired) electrons. The highest BCUT2D eigenvalue weighted by atomic mass is 19.1. The molecule has 1 aromatic carbocycles. The van der Waals surface area contributed by atoms with Crippen molar-refractivity contribution < 1.29 is 23.5 Å². The number of carbonyl (C=O) groups is 3. The minimum Gasteiger partial charge on any atom is -0.461 e. The summed E-state index contributed by atoms with van der Waals surface area (Å²) in [6.45, 7) is 3.67. The molecule has 170 valence electrons. The van der Waals surface area contributed by atoms with Gasteiger partial charge in [0.05, 0.1) is 13.2 Å². The highest BCUT2D eigenvalue weighted by Gasteiger charge is 2.48. The van der Waals surface area contributed by atoms with Gasteiger partial charge in [-0.05, 0) is 44.4 Å². The van der Waals surface area contributed by atoms with E-state index in [0.717, 1.165) is 25.7 Å². The molecule has 0 saturated heterocycles. The summed E-state index contributed by atoms with van der Waals surface area (Å²) in [6.07, 6.45) is 3.92. The van der Waals surface area contributed by atoms with E-state index in [0.29, 0.717) is 5.56 Å². The quantitative estimate of drug-likeness (QED) is 0.695. The third-order valence-electron chi connectivity index (χ3n) is 6.19. The number of amides is 2. The first-order valence-corrected chi connectivity index (χ1v) is 10.9. The van der Waals surface area contributed by atoms with Gasteiger partial charge in [0.15, 0.2) is 5.69 Å². The Labute approximate surface area is 185 Å². The molecular weight excluding hydrogens is 415 g/mol. The Balaban J connectivity index is 1.70. The Hall–Kier alpha value is -3.23. The fourth-order valence-corrected chi connectivity index (χ4v) is 4.42.